The predicted molar refractivity (Wildman–Crippen MR) is 66.4 cm³/mol. The van der Waals surface area contributed by atoms with Crippen LogP contribution in [0.5, 0.6) is 0 Å². The van der Waals surface area contributed by atoms with E-state index in [0.29, 0.717) is 0 Å². The van der Waals surface area contributed by atoms with Crippen molar-refractivity contribution in [3.8, 4) is 0 Å². The standard InChI is InChI=1S/C12H16O10/c1-2-21-9(16)5-12(20,11(18)19)6-10(17)22-8(15)4-3-7(13)14/h20H,2-6H2,1H3,(H,13,14)(H,18,19). The molecule has 0 rings (SSSR count). The third-order valence-electron chi connectivity index (χ3n) is 2.35. The normalized spacial score (nSPS) is 12.8. The van der Waals surface area contributed by atoms with Crippen molar-refractivity contribution >= 4 is 29.8 Å². The van der Waals surface area contributed by atoms with Crippen LogP contribution in [0.25, 0.3) is 0 Å². The highest BCUT2D eigenvalue weighted by atomic mass is 16.6. The molecule has 0 aromatic rings. The van der Waals surface area contributed by atoms with Gasteiger partial charge in [0, 0.05) is 0 Å². The summed E-state index contributed by atoms with van der Waals surface area (Å²) in [5, 5.41) is 27.0. The summed E-state index contributed by atoms with van der Waals surface area (Å²) in [5.74, 6) is -6.78. The molecule has 124 valence electrons. The SMILES string of the molecule is CCOC(=O)CC(O)(CC(=O)OC(=O)CCC(=O)O)C(=O)O. The van der Waals surface area contributed by atoms with Crippen LogP contribution in [0, 0.1) is 0 Å². The number of aliphatic hydroxyl groups is 1. The number of carboxylic acid groups (broad SMARTS) is 2. The van der Waals surface area contributed by atoms with Crippen molar-refractivity contribution in [2.24, 2.45) is 0 Å². The predicted octanol–water partition coefficient (Wildman–Crippen LogP) is -0.920. The molecule has 3 N–H and O–H groups in total. The van der Waals surface area contributed by atoms with Gasteiger partial charge in [0.1, 0.15) is 0 Å². The first-order valence-electron chi connectivity index (χ1n) is 6.17. The van der Waals surface area contributed by atoms with Crippen LogP contribution in [-0.2, 0) is 33.4 Å². The molecule has 10 nitrogen and oxygen atoms in total. The molecule has 1 unspecified atom stereocenters. The van der Waals surface area contributed by atoms with Gasteiger partial charge in [-0.2, -0.15) is 0 Å². The van der Waals surface area contributed by atoms with Crippen LogP contribution < -0.4 is 0 Å². The van der Waals surface area contributed by atoms with Crippen molar-refractivity contribution < 1.29 is 48.8 Å². The zero-order chi connectivity index (χ0) is 17.3. The number of carboxylic acids is 2. The van der Waals surface area contributed by atoms with Gasteiger partial charge in [0.05, 0.1) is 32.3 Å². The van der Waals surface area contributed by atoms with Crippen molar-refractivity contribution in [2.45, 2.75) is 38.2 Å². The van der Waals surface area contributed by atoms with Crippen molar-refractivity contribution in [3.63, 3.8) is 0 Å². The van der Waals surface area contributed by atoms with E-state index < -0.39 is 61.1 Å². The number of ether oxygens (including phenoxy) is 2. The van der Waals surface area contributed by atoms with Gasteiger partial charge in [-0.25, -0.2) is 4.79 Å². The molecule has 0 aromatic heterocycles. The van der Waals surface area contributed by atoms with Gasteiger partial charge in [-0.15, -0.1) is 0 Å². The van der Waals surface area contributed by atoms with Crippen LogP contribution in [0.1, 0.15) is 32.6 Å². The van der Waals surface area contributed by atoms with Gasteiger partial charge >= 0.3 is 29.8 Å². The number of aliphatic carboxylic acids is 2. The molecular formula is C12H16O10. The van der Waals surface area contributed by atoms with E-state index in [-0.39, 0.29) is 6.61 Å². The minimum absolute atomic E-state index is 0.0490. The number of rotatable bonds is 9. The van der Waals surface area contributed by atoms with E-state index in [1.165, 1.54) is 6.92 Å². The summed E-state index contributed by atoms with van der Waals surface area (Å²) in [7, 11) is 0. The summed E-state index contributed by atoms with van der Waals surface area (Å²) in [6, 6.07) is 0. The lowest BCUT2D eigenvalue weighted by Crippen LogP contribution is -2.43. The Kier molecular flexibility index (Phi) is 7.73. The van der Waals surface area contributed by atoms with E-state index >= 15 is 0 Å². The maximum Gasteiger partial charge on any atom is 0.336 e. The molecule has 0 saturated heterocycles. The second kappa shape index (κ2) is 8.72. The fourth-order valence-electron chi connectivity index (χ4n) is 1.33. The van der Waals surface area contributed by atoms with Gasteiger partial charge in [-0.1, -0.05) is 0 Å². The van der Waals surface area contributed by atoms with Crippen LogP contribution in [0.2, 0.25) is 0 Å². The van der Waals surface area contributed by atoms with Gasteiger partial charge in [0.25, 0.3) is 0 Å². The zero-order valence-electron chi connectivity index (χ0n) is 11.7. The summed E-state index contributed by atoms with van der Waals surface area (Å²) in [4.78, 5) is 54.9. The highest BCUT2D eigenvalue weighted by Crippen LogP contribution is 2.18. The van der Waals surface area contributed by atoms with Gasteiger partial charge in [-0.05, 0) is 6.92 Å². The summed E-state index contributed by atoms with van der Waals surface area (Å²) < 4.78 is 8.64. The molecule has 0 aromatic carbocycles. The maximum atomic E-state index is 11.4. The van der Waals surface area contributed by atoms with Crippen molar-refractivity contribution in [2.75, 3.05) is 6.61 Å². The Labute approximate surface area is 124 Å². The molecule has 0 aliphatic heterocycles. The molecular weight excluding hydrogens is 304 g/mol. The molecule has 0 radical (unpaired) electrons. The highest BCUT2D eigenvalue weighted by molar-refractivity contribution is 5.92. The summed E-state index contributed by atoms with van der Waals surface area (Å²) in [6.07, 6.45) is -3.34. The van der Waals surface area contributed by atoms with E-state index in [2.05, 4.69) is 9.47 Å². The molecule has 22 heavy (non-hydrogen) atoms. The quantitative estimate of drug-likeness (QED) is 0.357. The van der Waals surface area contributed by atoms with Gasteiger partial charge in [-0.3, -0.25) is 19.2 Å². The molecule has 0 spiro atoms. The van der Waals surface area contributed by atoms with Crippen molar-refractivity contribution in [3.05, 3.63) is 0 Å². The fraction of sp³-hybridized carbons (Fsp3) is 0.583. The van der Waals surface area contributed by atoms with Gasteiger partial charge in [0.2, 0.25) is 0 Å². The number of hydrogen-bond donors (Lipinski definition) is 3. The zero-order valence-corrected chi connectivity index (χ0v) is 11.7. The number of esters is 3. The smallest absolute Gasteiger partial charge is 0.336 e. The molecule has 0 bridgehead atoms. The molecule has 1 atom stereocenters. The molecule has 0 amide bonds. The largest absolute Gasteiger partial charge is 0.481 e. The third kappa shape index (κ3) is 7.33. The van der Waals surface area contributed by atoms with Crippen LogP contribution in [0.15, 0.2) is 0 Å². The minimum atomic E-state index is -2.78. The Morgan fingerprint density at radius 2 is 1.45 bits per heavy atom. The van der Waals surface area contributed by atoms with Gasteiger partial charge < -0.3 is 24.8 Å². The van der Waals surface area contributed by atoms with Crippen LogP contribution in [-0.4, -0.2) is 57.4 Å². The minimum Gasteiger partial charge on any atom is -0.481 e. The highest BCUT2D eigenvalue weighted by Gasteiger charge is 2.42. The Morgan fingerprint density at radius 1 is 0.909 bits per heavy atom. The summed E-state index contributed by atoms with van der Waals surface area (Å²) in [6.45, 7) is 1.42. The maximum absolute atomic E-state index is 11.4. The monoisotopic (exact) mass is 320 g/mol. The molecule has 0 aliphatic carbocycles. The van der Waals surface area contributed by atoms with E-state index in [0.717, 1.165) is 0 Å². The van der Waals surface area contributed by atoms with E-state index in [9.17, 15) is 29.1 Å². The lowest BCUT2D eigenvalue weighted by molar-refractivity contribution is -0.175. The number of carbonyl (C=O) groups is 5. The van der Waals surface area contributed by atoms with Crippen molar-refractivity contribution in [1.82, 2.24) is 0 Å². The topological polar surface area (TPSA) is 164 Å². The molecule has 10 heteroatoms. The van der Waals surface area contributed by atoms with Gasteiger partial charge in [0.15, 0.2) is 5.60 Å². The van der Waals surface area contributed by atoms with E-state index in [1.807, 2.05) is 0 Å². The number of carbonyl (C=O) groups excluding carboxylic acids is 3. The lowest BCUT2D eigenvalue weighted by atomic mass is 9.96. The lowest BCUT2D eigenvalue weighted by Gasteiger charge is -2.20. The molecule has 0 fully saturated rings. The van der Waals surface area contributed by atoms with E-state index in [1.54, 1.807) is 0 Å². The first-order chi connectivity index (χ1) is 10.1. The Hall–Kier alpha value is -2.49. The summed E-state index contributed by atoms with van der Waals surface area (Å²) >= 11 is 0. The Morgan fingerprint density at radius 3 is 1.91 bits per heavy atom. The average molecular weight is 320 g/mol. The Bertz CT molecular complexity index is 469. The second-order valence-corrected chi connectivity index (χ2v) is 4.24. The molecule has 0 heterocycles. The fourth-order valence-corrected chi connectivity index (χ4v) is 1.33. The van der Waals surface area contributed by atoms with Crippen molar-refractivity contribution in [1.29, 1.82) is 0 Å². The molecule has 0 saturated carbocycles. The molecule has 0 aliphatic rings. The first-order valence-corrected chi connectivity index (χ1v) is 6.17. The Balaban J connectivity index is 4.64. The van der Waals surface area contributed by atoms with Crippen LogP contribution >= 0.6 is 0 Å². The summed E-state index contributed by atoms with van der Waals surface area (Å²) in [5.41, 5.74) is -2.78. The average Bonchev–Trinajstić information content (AvgIpc) is 2.35. The second-order valence-electron chi connectivity index (χ2n) is 4.24. The first kappa shape index (κ1) is 19.5. The van der Waals surface area contributed by atoms with Crippen LogP contribution in [0.4, 0.5) is 0 Å². The van der Waals surface area contributed by atoms with E-state index in [4.69, 9.17) is 10.2 Å². The van der Waals surface area contributed by atoms with Crippen LogP contribution in [0.3, 0.4) is 0 Å². The number of hydrogen-bond acceptors (Lipinski definition) is 8. The third-order valence-corrected chi connectivity index (χ3v) is 2.35.